The Morgan fingerprint density at radius 1 is 1.33 bits per heavy atom. The van der Waals surface area contributed by atoms with Gasteiger partial charge in [0.05, 0.1) is 0 Å². The molecule has 0 aliphatic rings. The molecule has 0 aliphatic carbocycles. The van der Waals surface area contributed by atoms with Gasteiger partial charge >= 0.3 is 0 Å². The van der Waals surface area contributed by atoms with Gasteiger partial charge in [-0.1, -0.05) is 29.8 Å². The van der Waals surface area contributed by atoms with Crippen molar-refractivity contribution >= 4 is 26.0 Å². The molecule has 0 heterocycles. The van der Waals surface area contributed by atoms with Crippen LogP contribution in [0.2, 0.25) is 0 Å². The highest BCUT2D eigenvalue weighted by atomic mass is 79.9. The average molecular weight is 259 g/mol. The highest BCUT2D eigenvalue weighted by molar-refractivity contribution is 9.11. The smallest absolute Gasteiger partial charge is 0.225 e. The van der Waals surface area contributed by atoms with Crippen LogP contribution in [0.3, 0.4) is 0 Å². The number of nitrogens with one attached hydrogen (secondary N) is 2. The molecule has 0 aromatic rings. The lowest BCUT2D eigenvalue weighted by atomic mass is 10.7. The third kappa shape index (κ3) is 4.39. The molecule has 0 amide bonds. The van der Waals surface area contributed by atoms with Crippen LogP contribution >= 0.6 is 15.9 Å². The number of rotatable bonds is 6. The van der Waals surface area contributed by atoms with E-state index in [0.29, 0.717) is 13.1 Å². The Kier molecular flexibility index (Phi) is 6.08. The van der Waals surface area contributed by atoms with E-state index in [-0.39, 0.29) is 0 Å². The summed E-state index contributed by atoms with van der Waals surface area (Å²) in [7, 11) is -3.18. The summed E-state index contributed by atoms with van der Waals surface area (Å²) >= 11 is 3.09. The van der Waals surface area contributed by atoms with Gasteiger partial charge in [-0.3, -0.25) is 0 Å². The minimum absolute atomic E-state index is 0.422. The zero-order valence-corrected chi connectivity index (χ0v) is 9.70. The summed E-state index contributed by atoms with van der Waals surface area (Å²) in [6, 6.07) is 0. The van der Waals surface area contributed by atoms with Gasteiger partial charge in [-0.15, -0.1) is 0 Å². The average Bonchev–Trinajstić information content (AvgIpc) is 2.00. The molecule has 0 saturated heterocycles. The highest BCUT2D eigenvalue weighted by Gasteiger charge is 2.20. The molecule has 74 valence electrons. The lowest BCUT2D eigenvalue weighted by molar-refractivity contribution is 0.577. The maximum Gasteiger partial charge on any atom is 0.225 e. The molecule has 1 atom stereocenters. The Balaban J connectivity index is 3.98. The molecule has 2 N–H and O–H groups in total. The fourth-order valence-corrected chi connectivity index (χ4v) is 2.21. The molecule has 0 spiro atoms. The Bertz CT molecular complexity index is 206. The van der Waals surface area contributed by atoms with E-state index in [0.717, 1.165) is 6.54 Å². The van der Waals surface area contributed by atoms with Crippen LogP contribution in [0.1, 0.15) is 13.8 Å². The summed E-state index contributed by atoms with van der Waals surface area (Å²) in [5.74, 6) is 0. The molecule has 0 bridgehead atoms. The molecule has 0 saturated carbocycles. The van der Waals surface area contributed by atoms with Crippen molar-refractivity contribution in [1.29, 1.82) is 0 Å². The van der Waals surface area contributed by atoms with E-state index < -0.39 is 14.2 Å². The topological polar surface area (TPSA) is 58.2 Å². The Morgan fingerprint density at radius 3 is 2.33 bits per heavy atom. The standard InChI is InChI=1S/C6H15BrN2O2S/c1-3-8-5-6(7)12(10,11)9-4-2/h6,8-9H,3-5H2,1-2H3. The molecule has 1 unspecified atom stereocenters. The second-order valence-electron chi connectivity index (χ2n) is 2.26. The van der Waals surface area contributed by atoms with Gasteiger partial charge in [0.2, 0.25) is 10.0 Å². The summed E-state index contributed by atoms with van der Waals surface area (Å²) in [5.41, 5.74) is 0. The van der Waals surface area contributed by atoms with Gasteiger partial charge in [0, 0.05) is 13.1 Å². The predicted molar refractivity (Wildman–Crippen MR) is 53.9 cm³/mol. The third-order valence-corrected chi connectivity index (χ3v) is 4.57. The Labute approximate surface area is 82.3 Å². The summed E-state index contributed by atoms with van der Waals surface area (Å²) in [6.07, 6.45) is 0. The first kappa shape index (κ1) is 12.3. The minimum atomic E-state index is -3.18. The van der Waals surface area contributed by atoms with E-state index in [2.05, 4.69) is 26.0 Å². The van der Waals surface area contributed by atoms with Crippen LogP contribution < -0.4 is 10.0 Å². The zero-order valence-electron chi connectivity index (χ0n) is 7.30. The van der Waals surface area contributed by atoms with Crippen molar-refractivity contribution in [2.45, 2.75) is 18.0 Å². The fraction of sp³-hybridized carbons (Fsp3) is 1.00. The normalized spacial score (nSPS) is 14.6. The van der Waals surface area contributed by atoms with Crippen molar-refractivity contribution in [3.8, 4) is 0 Å². The second-order valence-corrected chi connectivity index (χ2v) is 5.92. The van der Waals surface area contributed by atoms with E-state index in [9.17, 15) is 8.42 Å². The molecule has 12 heavy (non-hydrogen) atoms. The largest absolute Gasteiger partial charge is 0.315 e. The van der Waals surface area contributed by atoms with Crippen LogP contribution in [0.25, 0.3) is 0 Å². The summed E-state index contributed by atoms with van der Waals surface area (Å²) in [6.45, 7) is 5.30. The molecule has 4 nitrogen and oxygen atoms in total. The summed E-state index contributed by atoms with van der Waals surface area (Å²) in [4.78, 5) is 0. The lowest BCUT2D eigenvalue weighted by Crippen LogP contribution is -2.37. The maximum absolute atomic E-state index is 11.2. The van der Waals surface area contributed by atoms with Crippen LogP contribution in [0, 0.1) is 0 Å². The number of hydrogen-bond acceptors (Lipinski definition) is 3. The lowest BCUT2D eigenvalue weighted by Gasteiger charge is -2.11. The maximum atomic E-state index is 11.2. The van der Waals surface area contributed by atoms with Crippen molar-refractivity contribution in [2.75, 3.05) is 19.6 Å². The van der Waals surface area contributed by atoms with Crippen molar-refractivity contribution in [1.82, 2.24) is 10.0 Å². The Morgan fingerprint density at radius 2 is 1.92 bits per heavy atom. The second kappa shape index (κ2) is 5.90. The SMILES string of the molecule is CCNCC(Br)S(=O)(=O)NCC. The van der Waals surface area contributed by atoms with Gasteiger partial charge in [-0.25, -0.2) is 13.1 Å². The first-order valence-corrected chi connectivity index (χ1v) is 6.34. The van der Waals surface area contributed by atoms with E-state index in [1.54, 1.807) is 6.92 Å². The van der Waals surface area contributed by atoms with E-state index >= 15 is 0 Å². The number of halogens is 1. The molecule has 6 heteroatoms. The number of sulfonamides is 1. The van der Waals surface area contributed by atoms with Gasteiger partial charge in [0.25, 0.3) is 0 Å². The van der Waals surface area contributed by atoms with Crippen LogP contribution in [0.4, 0.5) is 0 Å². The predicted octanol–water partition coefficient (Wildman–Crippen LogP) is 0.256. The van der Waals surface area contributed by atoms with Crippen LogP contribution in [0.15, 0.2) is 0 Å². The van der Waals surface area contributed by atoms with Crippen molar-refractivity contribution in [3.05, 3.63) is 0 Å². The molecular formula is C6H15BrN2O2S. The monoisotopic (exact) mass is 258 g/mol. The van der Waals surface area contributed by atoms with Gasteiger partial charge in [0.1, 0.15) is 4.16 Å². The number of hydrogen-bond donors (Lipinski definition) is 2. The molecule has 0 aromatic heterocycles. The van der Waals surface area contributed by atoms with E-state index in [1.807, 2.05) is 6.92 Å². The van der Waals surface area contributed by atoms with Crippen molar-refractivity contribution < 1.29 is 8.42 Å². The van der Waals surface area contributed by atoms with Gasteiger partial charge in [-0.2, -0.15) is 0 Å². The van der Waals surface area contributed by atoms with E-state index in [4.69, 9.17) is 0 Å². The molecule has 0 radical (unpaired) electrons. The zero-order chi connectivity index (χ0) is 9.61. The van der Waals surface area contributed by atoms with Gasteiger partial charge in [0.15, 0.2) is 0 Å². The molecule has 0 rings (SSSR count). The van der Waals surface area contributed by atoms with Crippen LogP contribution in [-0.2, 0) is 10.0 Å². The highest BCUT2D eigenvalue weighted by Crippen LogP contribution is 2.05. The minimum Gasteiger partial charge on any atom is -0.315 e. The molecule has 0 aromatic carbocycles. The van der Waals surface area contributed by atoms with E-state index in [1.165, 1.54) is 0 Å². The quantitative estimate of drug-likeness (QED) is 0.672. The Hall–Kier alpha value is 0.350. The number of alkyl halides is 1. The molecular weight excluding hydrogens is 244 g/mol. The van der Waals surface area contributed by atoms with Crippen LogP contribution in [-0.4, -0.2) is 32.2 Å². The fourth-order valence-electron chi connectivity index (χ4n) is 0.659. The summed E-state index contributed by atoms with van der Waals surface area (Å²) in [5, 5.41) is 2.95. The summed E-state index contributed by atoms with van der Waals surface area (Å²) < 4.78 is 24.3. The molecule has 0 aliphatic heterocycles. The van der Waals surface area contributed by atoms with Crippen molar-refractivity contribution in [3.63, 3.8) is 0 Å². The third-order valence-electron chi connectivity index (χ3n) is 1.24. The first-order chi connectivity index (χ1) is 5.54. The van der Waals surface area contributed by atoms with Gasteiger partial charge in [-0.05, 0) is 6.54 Å². The van der Waals surface area contributed by atoms with Crippen LogP contribution in [0.5, 0.6) is 0 Å². The molecule has 0 fully saturated rings. The van der Waals surface area contributed by atoms with Crippen molar-refractivity contribution in [2.24, 2.45) is 0 Å². The first-order valence-electron chi connectivity index (χ1n) is 3.87. The van der Waals surface area contributed by atoms with Gasteiger partial charge < -0.3 is 5.32 Å².